The molecule has 1 heterocycles. The van der Waals surface area contributed by atoms with Crippen molar-refractivity contribution in [3.63, 3.8) is 0 Å². The molecule has 0 aliphatic carbocycles. The van der Waals surface area contributed by atoms with Crippen LogP contribution in [0.4, 0.5) is 0 Å². The van der Waals surface area contributed by atoms with Gasteiger partial charge >= 0.3 is 0 Å². The Morgan fingerprint density at radius 1 is 1.31 bits per heavy atom. The fourth-order valence-corrected chi connectivity index (χ4v) is 3.37. The van der Waals surface area contributed by atoms with Gasteiger partial charge in [0, 0.05) is 10.9 Å². The van der Waals surface area contributed by atoms with Crippen molar-refractivity contribution in [1.29, 1.82) is 0 Å². The zero-order valence-corrected chi connectivity index (χ0v) is 10.8. The number of nitrogens with zero attached hydrogens (tertiary/aromatic N) is 2. The average Bonchev–Trinajstić information content (AvgIpc) is 2.64. The SMILES string of the molecule is Cc1nnc(Sc2ccccc2[C@@H](C)N)s1. The fraction of sp³-hybridized carbons (Fsp3) is 0.273. The van der Waals surface area contributed by atoms with E-state index < -0.39 is 0 Å². The molecule has 0 radical (unpaired) electrons. The van der Waals surface area contributed by atoms with Gasteiger partial charge in [-0.05, 0) is 25.5 Å². The second kappa shape index (κ2) is 4.95. The zero-order valence-electron chi connectivity index (χ0n) is 9.18. The molecule has 0 spiro atoms. The van der Waals surface area contributed by atoms with Gasteiger partial charge < -0.3 is 5.73 Å². The Morgan fingerprint density at radius 2 is 2.06 bits per heavy atom. The lowest BCUT2D eigenvalue weighted by Crippen LogP contribution is -2.05. The molecule has 0 saturated heterocycles. The molecule has 0 saturated carbocycles. The number of hydrogen-bond acceptors (Lipinski definition) is 5. The highest BCUT2D eigenvalue weighted by molar-refractivity contribution is 8.01. The van der Waals surface area contributed by atoms with Crippen molar-refractivity contribution in [3.05, 3.63) is 34.8 Å². The molecule has 0 amide bonds. The Morgan fingerprint density at radius 3 is 2.69 bits per heavy atom. The van der Waals surface area contributed by atoms with Gasteiger partial charge in [0.2, 0.25) is 0 Å². The Kier molecular flexibility index (Phi) is 3.58. The van der Waals surface area contributed by atoms with Crippen LogP contribution in [-0.2, 0) is 0 Å². The van der Waals surface area contributed by atoms with E-state index in [0.717, 1.165) is 19.8 Å². The number of aryl methyl sites for hydroxylation is 1. The predicted molar refractivity (Wildman–Crippen MR) is 67.8 cm³/mol. The van der Waals surface area contributed by atoms with E-state index >= 15 is 0 Å². The molecule has 3 nitrogen and oxygen atoms in total. The lowest BCUT2D eigenvalue weighted by molar-refractivity contribution is 0.797. The molecule has 0 bridgehead atoms. The summed E-state index contributed by atoms with van der Waals surface area (Å²) >= 11 is 3.23. The normalized spacial score (nSPS) is 12.7. The first kappa shape index (κ1) is 11.6. The van der Waals surface area contributed by atoms with E-state index in [-0.39, 0.29) is 6.04 Å². The first-order valence-electron chi connectivity index (χ1n) is 4.99. The molecule has 1 aromatic carbocycles. The van der Waals surface area contributed by atoms with Crippen molar-refractivity contribution in [3.8, 4) is 0 Å². The lowest BCUT2D eigenvalue weighted by atomic mass is 10.1. The Balaban J connectivity index is 2.27. The van der Waals surface area contributed by atoms with Crippen LogP contribution in [0.5, 0.6) is 0 Å². The van der Waals surface area contributed by atoms with Gasteiger partial charge in [-0.3, -0.25) is 0 Å². The monoisotopic (exact) mass is 251 g/mol. The largest absolute Gasteiger partial charge is 0.324 e. The lowest BCUT2D eigenvalue weighted by Gasteiger charge is -2.10. The maximum Gasteiger partial charge on any atom is 0.179 e. The third-order valence-electron chi connectivity index (χ3n) is 2.11. The molecule has 2 aromatic rings. The van der Waals surface area contributed by atoms with Gasteiger partial charge in [0.25, 0.3) is 0 Å². The molecule has 2 N–H and O–H groups in total. The Hall–Kier alpha value is -0.910. The van der Waals surface area contributed by atoms with Gasteiger partial charge in [0.05, 0.1) is 0 Å². The maximum absolute atomic E-state index is 5.93. The summed E-state index contributed by atoms with van der Waals surface area (Å²) in [5.74, 6) is 0. The molecule has 16 heavy (non-hydrogen) atoms. The predicted octanol–water partition coefficient (Wildman–Crippen LogP) is 3.02. The highest BCUT2D eigenvalue weighted by Crippen LogP contribution is 2.33. The van der Waals surface area contributed by atoms with E-state index in [9.17, 15) is 0 Å². The van der Waals surface area contributed by atoms with Crippen LogP contribution in [0.2, 0.25) is 0 Å². The third-order valence-corrected chi connectivity index (χ3v) is 4.10. The van der Waals surface area contributed by atoms with E-state index in [1.165, 1.54) is 0 Å². The highest BCUT2D eigenvalue weighted by Gasteiger charge is 2.09. The minimum atomic E-state index is 0.0396. The van der Waals surface area contributed by atoms with E-state index in [0.29, 0.717) is 0 Å². The number of nitrogens with two attached hydrogens (primary N) is 1. The Bertz CT molecular complexity index is 480. The van der Waals surface area contributed by atoms with Crippen LogP contribution in [0, 0.1) is 6.92 Å². The van der Waals surface area contributed by atoms with E-state index in [4.69, 9.17) is 5.73 Å². The van der Waals surface area contributed by atoms with Crippen molar-refractivity contribution < 1.29 is 0 Å². The van der Waals surface area contributed by atoms with Gasteiger partial charge in [-0.2, -0.15) is 0 Å². The summed E-state index contributed by atoms with van der Waals surface area (Å²) < 4.78 is 0.964. The number of aromatic nitrogens is 2. The second-order valence-corrected chi connectivity index (χ2v) is 5.99. The first-order valence-corrected chi connectivity index (χ1v) is 6.62. The number of hydrogen-bond donors (Lipinski definition) is 1. The van der Waals surface area contributed by atoms with Gasteiger partial charge in [-0.25, -0.2) is 0 Å². The molecule has 0 unspecified atom stereocenters. The second-order valence-electron chi connectivity index (χ2n) is 3.52. The Labute approximate surface area is 103 Å². The minimum absolute atomic E-state index is 0.0396. The number of rotatable bonds is 3. The summed E-state index contributed by atoms with van der Waals surface area (Å²) in [6, 6.07) is 8.19. The van der Waals surface area contributed by atoms with Crippen LogP contribution in [0.3, 0.4) is 0 Å². The van der Waals surface area contributed by atoms with Crippen LogP contribution in [0.25, 0.3) is 0 Å². The molecule has 0 aliphatic rings. The molecule has 84 valence electrons. The van der Waals surface area contributed by atoms with Crippen molar-refractivity contribution in [2.75, 3.05) is 0 Å². The van der Waals surface area contributed by atoms with Crippen molar-refractivity contribution in [2.24, 2.45) is 5.73 Å². The molecule has 0 fully saturated rings. The van der Waals surface area contributed by atoms with Gasteiger partial charge in [-0.15, -0.1) is 10.2 Å². The van der Waals surface area contributed by atoms with E-state index in [2.05, 4.69) is 22.3 Å². The highest BCUT2D eigenvalue weighted by atomic mass is 32.2. The molecule has 1 atom stereocenters. The van der Waals surface area contributed by atoms with Crippen LogP contribution >= 0.6 is 23.1 Å². The van der Waals surface area contributed by atoms with Gasteiger partial charge in [-0.1, -0.05) is 41.3 Å². The summed E-state index contributed by atoms with van der Waals surface area (Å²) in [6.07, 6.45) is 0. The summed E-state index contributed by atoms with van der Waals surface area (Å²) in [7, 11) is 0. The molecule has 0 aliphatic heterocycles. The van der Waals surface area contributed by atoms with Crippen LogP contribution in [0.15, 0.2) is 33.5 Å². The molecular formula is C11H13N3S2. The third kappa shape index (κ3) is 2.61. The average molecular weight is 251 g/mol. The molecule has 5 heteroatoms. The van der Waals surface area contributed by atoms with Gasteiger partial charge in [0.1, 0.15) is 5.01 Å². The van der Waals surface area contributed by atoms with Crippen LogP contribution < -0.4 is 5.73 Å². The number of benzene rings is 1. The quantitative estimate of drug-likeness (QED) is 0.911. The summed E-state index contributed by atoms with van der Waals surface area (Å²) in [5, 5.41) is 9.09. The summed E-state index contributed by atoms with van der Waals surface area (Å²) in [4.78, 5) is 1.16. The smallest absolute Gasteiger partial charge is 0.179 e. The minimum Gasteiger partial charge on any atom is -0.324 e. The fourth-order valence-electron chi connectivity index (χ4n) is 1.36. The van der Waals surface area contributed by atoms with Crippen LogP contribution in [-0.4, -0.2) is 10.2 Å². The van der Waals surface area contributed by atoms with Crippen molar-refractivity contribution in [2.45, 2.75) is 29.1 Å². The first-order chi connectivity index (χ1) is 7.66. The maximum atomic E-state index is 5.93. The van der Waals surface area contributed by atoms with E-state index in [1.807, 2.05) is 26.0 Å². The zero-order chi connectivity index (χ0) is 11.5. The summed E-state index contributed by atoms with van der Waals surface area (Å²) in [5.41, 5.74) is 7.08. The molecular weight excluding hydrogens is 238 g/mol. The van der Waals surface area contributed by atoms with Crippen molar-refractivity contribution in [1.82, 2.24) is 10.2 Å². The van der Waals surface area contributed by atoms with Gasteiger partial charge in [0.15, 0.2) is 4.34 Å². The van der Waals surface area contributed by atoms with Crippen LogP contribution in [0.1, 0.15) is 23.5 Å². The standard InChI is InChI=1S/C11H13N3S2/c1-7(12)9-5-3-4-6-10(9)16-11-14-13-8(2)15-11/h3-7H,12H2,1-2H3/t7-/m1/s1. The summed E-state index contributed by atoms with van der Waals surface area (Å²) in [6.45, 7) is 3.95. The molecule has 2 rings (SSSR count). The van der Waals surface area contributed by atoms with E-state index in [1.54, 1.807) is 23.1 Å². The van der Waals surface area contributed by atoms with Crippen molar-refractivity contribution >= 4 is 23.1 Å². The topological polar surface area (TPSA) is 51.8 Å². The molecule has 1 aromatic heterocycles.